The minimum absolute atomic E-state index is 0.431. The Morgan fingerprint density at radius 1 is 1.50 bits per heavy atom. The van der Waals surface area contributed by atoms with E-state index in [9.17, 15) is 5.11 Å². The lowest BCUT2D eigenvalue weighted by Crippen LogP contribution is -2.35. The second kappa shape index (κ2) is 5.47. The van der Waals surface area contributed by atoms with Crippen molar-refractivity contribution in [3.8, 4) is 6.07 Å². The first-order chi connectivity index (χ1) is 7.65. The summed E-state index contributed by atoms with van der Waals surface area (Å²) < 4.78 is 0. The van der Waals surface area contributed by atoms with Crippen LogP contribution >= 0.6 is 0 Å². The van der Waals surface area contributed by atoms with Crippen molar-refractivity contribution < 1.29 is 5.11 Å². The molecule has 0 atom stereocenters. The molecule has 0 unspecified atom stereocenters. The molecule has 0 spiro atoms. The molecule has 1 heterocycles. The van der Waals surface area contributed by atoms with E-state index in [1.165, 1.54) is 0 Å². The van der Waals surface area contributed by atoms with Gasteiger partial charge < -0.3 is 10.4 Å². The largest absolute Gasteiger partial charge is 0.388 e. The predicted molar refractivity (Wildman–Crippen MR) is 63.0 cm³/mol. The maximum absolute atomic E-state index is 10.1. The number of anilines is 1. The van der Waals surface area contributed by atoms with Crippen LogP contribution in [0.4, 0.5) is 5.69 Å². The molecular formula is C12H17N3O. The van der Waals surface area contributed by atoms with E-state index in [4.69, 9.17) is 5.26 Å². The summed E-state index contributed by atoms with van der Waals surface area (Å²) >= 11 is 0. The van der Waals surface area contributed by atoms with E-state index in [0.717, 1.165) is 0 Å². The van der Waals surface area contributed by atoms with E-state index in [1.54, 1.807) is 18.5 Å². The molecule has 0 amide bonds. The van der Waals surface area contributed by atoms with Gasteiger partial charge in [0.1, 0.15) is 6.07 Å². The number of aliphatic hydroxyl groups is 1. The van der Waals surface area contributed by atoms with Crippen molar-refractivity contribution in [1.29, 1.82) is 5.26 Å². The zero-order valence-electron chi connectivity index (χ0n) is 9.70. The van der Waals surface area contributed by atoms with E-state index < -0.39 is 5.60 Å². The van der Waals surface area contributed by atoms with Crippen molar-refractivity contribution in [1.82, 2.24) is 4.98 Å². The van der Waals surface area contributed by atoms with Crippen molar-refractivity contribution in [2.24, 2.45) is 0 Å². The summed E-state index contributed by atoms with van der Waals surface area (Å²) in [6, 6.07) is 3.74. The van der Waals surface area contributed by atoms with E-state index >= 15 is 0 Å². The molecule has 0 aromatic carbocycles. The van der Waals surface area contributed by atoms with Crippen LogP contribution in [-0.4, -0.2) is 22.2 Å². The molecule has 16 heavy (non-hydrogen) atoms. The van der Waals surface area contributed by atoms with Crippen molar-refractivity contribution in [3.63, 3.8) is 0 Å². The lowest BCUT2D eigenvalue weighted by Gasteiger charge is -2.26. The quantitative estimate of drug-likeness (QED) is 0.793. The first-order valence-corrected chi connectivity index (χ1v) is 5.45. The highest BCUT2D eigenvalue weighted by Crippen LogP contribution is 2.18. The zero-order valence-corrected chi connectivity index (χ0v) is 9.70. The Morgan fingerprint density at radius 3 is 2.75 bits per heavy atom. The van der Waals surface area contributed by atoms with Gasteiger partial charge in [-0.15, -0.1) is 0 Å². The normalized spacial score (nSPS) is 10.9. The van der Waals surface area contributed by atoms with Crippen LogP contribution in [0.1, 0.15) is 32.3 Å². The monoisotopic (exact) mass is 219 g/mol. The summed E-state index contributed by atoms with van der Waals surface area (Å²) in [5.74, 6) is 0. The highest BCUT2D eigenvalue weighted by atomic mass is 16.3. The molecule has 1 aromatic rings. The van der Waals surface area contributed by atoms with Crippen LogP contribution in [0.2, 0.25) is 0 Å². The van der Waals surface area contributed by atoms with E-state index in [2.05, 4.69) is 16.4 Å². The molecule has 1 rings (SSSR count). The van der Waals surface area contributed by atoms with Crippen LogP contribution in [0.15, 0.2) is 18.5 Å². The topological polar surface area (TPSA) is 68.9 Å². The molecule has 0 aliphatic carbocycles. The summed E-state index contributed by atoms with van der Waals surface area (Å²) in [5, 5.41) is 22.0. The number of nitriles is 1. The average Bonchev–Trinajstić information content (AvgIpc) is 2.36. The number of nitrogens with one attached hydrogen (secondary N) is 1. The maximum Gasteiger partial charge on any atom is 0.101 e. The first-order valence-electron chi connectivity index (χ1n) is 5.45. The highest BCUT2D eigenvalue weighted by molar-refractivity contribution is 5.55. The Labute approximate surface area is 95.9 Å². The number of nitrogens with zero attached hydrogens (tertiary/aromatic N) is 2. The third-order valence-corrected chi connectivity index (χ3v) is 2.87. The summed E-state index contributed by atoms with van der Waals surface area (Å²) in [6.45, 7) is 4.32. The Kier molecular flexibility index (Phi) is 4.27. The zero-order chi connectivity index (χ0) is 12.0. The fourth-order valence-electron chi connectivity index (χ4n) is 1.39. The summed E-state index contributed by atoms with van der Waals surface area (Å²) in [6.07, 6.45) is 4.54. The molecule has 0 radical (unpaired) electrons. The standard InChI is InChI=1S/C12H17N3O/c1-3-12(16,4-2)9-15-11-8-14-6-5-10(11)7-13/h5-6,8,15-16H,3-4,9H2,1-2H3. The first kappa shape index (κ1) is 12.5. The Balaban J connectivity index is 2.72. The summed E-state index contributed by atoms with van der Waals surface area (Å²) in [4.78, 5) is 3.95. The van der Waals surface area contributed by atoms with Gasteiger partial charge >= 0.3 is 0 Å². The van der Waals surface area contributed by atoms with E-state index in [1.807, 2.05) is 13.8 Å². The minimum atomic E-state index is -0.720. The lowest BCUT2D eigenvalue weighted by molar-refractivity contribution is 0.0457. The van der Waals surface area contributed by atoms with Gasteiger partial charge in [0, 0.05) is 12.7 Å². The SMILES string of the molecule is CCC(O)(CC)CNc1cnccc1C#N. The number of hydrogen-bond donors (Lipinski definition) is 2. The van der Waals surface area contributed by atoms with Gasteiger partial charge in [-0.3, -0.25) is 4.98 Å². The van der Waals surface area contributed by atoms with Crippen molar-refractivity contribution in [2.45, 2.75) is 32.3 Å². The van der Waals surface area contributed by atoms with Gasteiger partial charge in [0.15, 0.2) is 0 Å². The van der Waals surface area contributed by atoms with Gasteiger partial charge in [0.25, 0.3) is 0 Å². The molecule has 0 aliphatic heterocycles. The van der Waals surface area contributed by atoms with Gasteiger partial charge in [0.2, 0.25) is 0 Å². The third-order valence-electron chi connectivity index (χ3n) is 2.87. The van der Waals surface area contributed by atoms with Gasteiger partial charge in [-0.2, -0.15) is 5.26 Å². The predicted octanol–water partition coefficient (Wildman–Crippen LogP) is 1.92. The van der Waals surface area contributed by atoms with Crippen LogP contribution < -0.4 is 5.32 Å². The van der Waals surface area contributed by atoms with E-state index in [-0.39, 0.29) is 0 Å². The second-order valence-electron chi connectivity index (χ2n) is 3.82. The van der Waals surface area contributed by atoms with Crippen LogP contribution in [0.5, 0.6) is 0 Å². The summed E-state index contributed by atoms with van der Waals surface area (Å²) in [7, 11) is 0. The van der Waals surface area contributed by atoms with Crippen molar-refractivity contribution in [2.75, 3.05) is 11.9 Å². The molecule has 1 aromatic heterocycles. The molecule has 4 nitrogen and oxygen atoms in total. The fourth-order valence-corrected chi connectivity index (χ4v) is 1.39. The number of pyridine rings is 1. The molecule has 0 aliphatic rings. The second-order valence-corrected chi connectivity index (χ2v) is 3.82. The van der Waals surface area contributed by atoms with Crippen molar-refractivity contribution >= 4 is 5.69 Å². The molecule has 0 saturated heterocycles. The fraction of sp³-hybridized carbons (Fsp3) is 0.500. The number of aromatic nitrogens is 1. The van der Waals surface area contributed by atoms with Crippen LogP contribution in [0.25, 0.3) is 0 Å². The van der Waals surface area contributed by atoms with E-state index in [0.29, 0.717) is 30.6 Å². The summed E-state index contributed by atoms with van der Waals surface area (Å²) in [5.41, 5.74) is 0.498. The average molecular weight is 219 g/mol. The smallest absolute Gasteiger partial charge is 0.101 e. The number of rotatable bonds is 5. The molecule has 4 heteroatoms. The molecular weight excluding hydrogens is 202 g/mol. The van der Waals surface area contributed by atoms with Crippen LogP contribution in [-0.2, 0) is 0 Å². The Bertz CT molecular complexity index is 380. The minimum Gasteiger partial charge on any atom is -0.388 e. The molecule has 2 N–H and O–H groups in total. The Morgan fingerprint density at radius 2 is 2.19 bits per heavy atom. The van der Waals surface area contributed by atoms with Crippen LogP contribution in [0.3, 0.4) is 0 Å². The number of hydrogen-bond acceptors (Lipinski definition) is 4. The highest BCUT2D eigenvalue weighted by Gasteiger charge is 2.21. The lowest BCUT2D eigenvalue weighted by atomic mass is 9.97. The van der Waals surface area contributed by atoms with Gasteiger partial charge in [-0.25, -0.2) is 0 Å². The molecule has 0 saturated carbocycles. The van der Waals surface area contributed by atoms with Gasteiger partial charge in [-0.05, 0) is 18.9 Å². The Hall–Kier alpha value is -1.60. The van der Waals surface area contributed by atoms with Gasteiger partial charge in [-0.1, -0.05) is 13.8 Å². The molecule has 0 bridgehead atoms. The molecule has 0 fully saturated rings. The maximum atomic E-state index is 10.1. The third kappa shape index (κ3) is 2.94. The molecule has 86 valence electrons. The van der Waals surface area contributed by atoms with Gasteiger partial charge in [0.05, 0.1) is 23.0 Å². The van der Waals surface area contributed by atoms with Crippen molar-refractivity contribution in [3.05, 3.63) is 24.0 Å². The van der Waals surface area contributed by atoms with Crippen LogP contribution in [0, 0.1) is 11.3 Å².